The molecule has 0 unspecified atom stereocenters. The lowest BCUT2D eigenvalue weighted by molar-refractivity contribution is -0.116. The van der Waals surface area contributed by atoms with Gasteiger partial charge in [0.2, 0.25) is 11.8 Å². The molecule has 0 aliphatic heterocycles. The summed E-state index contributed by atoms with van der Waals surface area (Å²) in [5.74, 6) is -0.343. The van der Waals surface area contributed by atoms with E-state index < -0.39 is 0 Å². The number of thiophene rings is 1. The van der Waals surface area contributed by atoms with E-state index in [1.807, 2.05) is 17.5 Å². The lowest BCUT2D eigenvalue weighted by Gasteiger charge is -2.15. The van der Waals surface area contributed by atoms with Crippen LogP contribution in [-0.2, 0) is 9.59 Å². The quantitative estimate of drug-likeness (QED) is 0.650. The molecule has 2 amide bonds. The van der Waals surface area contributed by atoms with Crippen LogP contribution in [0.4, 0.5) is 11.4 Å². The van der Waals surface area contributed by atoms with Crippen LogP contribution in [0.2, 0.25) is 0 Å². The van der Waals surface area contributed by atoms with E-state index in [2.05, 4.69) is 10.6 Å². The second kappa shape index (κ2) is 8.37. The minimum absolute atomic E-state index is 0.0454. The van der Waals surface area contributed by atoms with Crippen LogP contribution < -0.4 is 15.5 Å². The summed E-state index contributed by atoms with van der Waals surface area (Å²) in [5, 5.41) is 7.66. The number of hydrogen-bond donors (Lipinski definition) is 2. The summed E-state index contributed by atoms with van der Waals surface area (Å²) >= 11 is 6.66. The van der Waals surface area contributed by atoms with Crippen LogP contribution in [0.1, 0.15) is 11.8 Å². The fraction of sp³-hybridized carbons (Fsp3) is 0.118. The van der Waals surface area contributed by atoms with Crippen LogP contribution in [-0.4, -0.2) is 24.0 Å². The highest BCUT2D eigenvalue weighted by molar-refractivity contribution is 7.80. The third-order valence-electron chi connectivity index (χ3n) is 3.16. The topological polar surface area (TPSA) is 61.4 Å². The first kappa shape index (κ1) is 17.8. The van der Waals surface area contributed by atoms with Crippen molar-refractivity contribution in [3.63, 3.8) is 0 Å². The molecule has 2 N–H and O–H groups in total. The lowest BCUT2D eigenvalue weighted by atomic mass is 10.2. The predicted octanol–water partition coefficient (Wildman–Crippen LogP) is 3.26. The van der Waals surface area contributed by atoms with Crippen molar-refractivity contribution in [2.75, 3.05) is 17.3 Å². The molecule has 0 aliphatic carbocycles. The maximum atomic E-state index is 11.8. The molecule has 2 rings (SSSR count). The molecule has 24 heavy (non-hydrogen) atoms. The molecule has 0 bridgehead atoms. The zero-order valence-corrected chi connectivity index (χ0v) is 14.9. The lowest BCUT2D eigenvalue weighted by Crippen LogP contribution is -2.32. The van der Waals surface area contributed by atoms with Gasteiger partial charge in [-0.2, -0.15) is 0 Å². The molecule has 0 saturated heterocycles. The molecule has 0 saturated carbocycles. The molecule has 1 aromatic carbocycles. The summed E-state index contributed by atoms with van der Waals surface area (Å²) in [7, 11) is 1.70. The minimum atomic E-state index is -0.297. The van der Waals surface area contributed by atoms with Gasteiger partial charge in [-0.3, -0.25) is 14.9 Å². The Morgan fingerprint density at radius 2 is 1.92 bits per heavy atom. The van der Waals surface area contributed by atoms with Gasteiger partial charge in [0.15, 0.2) is 5.11 Å². The highest BCUT2D eigenvalue weighted by atomic mass is 32.1. The SMILES string of the molecule is CC(=O)N(C)c1ccc(NC(=S)NC(=O)/C=C/c2cccs2)cc1. The normalized spacial score (nSPS) is 10.4. The van der Waals surface area contributed by atoms with Crippen LogP contribution in [0.25, 0.3) is 6.08 Å². The number of hydrogen-bond acceptors (Lipinski definition) is 4. The fourth-order valence-corrected chi connectivity index (χ4v) is 2.65. The smallest absolute Gasteiger partial charge is 0.250 e. The van der Waals surface area contributed by atoms with Crippen molar-refractivity contribution in [3.8, 4) is 0 Å². The van der Waals surface area contributed by atoms with Crippen LogP contribution >= 0.6 is 23.6 Å². The minimum Gasteiger partial charge on any atom is -0.332 e. The van der Waals surface area contributed by atoms with Crippen LogP contribution in [0.3, 0.4) is 0 Å². The van der Waals surface area contributed by atoms with Crippen molar-refractivity contribution in [2.45, 2.75) is 6.92 Å². The second-order valence-corrected chi connectivity index (χ2v) is 6.30. The number of nitrogens with one attached hydrogen (secondary N) is 2. The van der Waals surface area contributed by atoms with E-state index in [0.29, 0.717) is 0 Å². The first-order valence-corrected chi connectivity index (χ1v) is 8.42. The Labute approximate surface area is 150 Å². The third kappa shape index (κ3) is 5.29. The fourth-order valence-electron chi connectivity index (χ4n) is 1.81. The standard InChI is InChI=1S/C17H17N3O2S2/c1-12(21)20(2)14-7-5-13(6-8-14)18-17(23)19-16(22)10-9-15-4-3-11-24-15/h3-11H,1-2H3,(H2,18,19,22,23)/b10-9+. The van der Waals surface area contributed by atoms with Crippen molar-refractivity contribution < 1.29 is 9.59 Å². The molecule has 5 nitrogen and oxygen atoms in total. The van der Waals surface area contributed by atoms with Gasteiger partial charge in [-0.15, -0.1) is 11.3 Å². The van der Waals surface area contributed by atoms with E-state index >= 15 is 0 Å². The van der Waals surface area contributed by atoms with Crippen LogP contribution in [0.15, 0.2) is 47.9 Å². The molecule has 0 aliphatic rings. The zero-order valence-electron chi connectivity index (χ0n) is 13.3. The first-order chi connectivity index (χ1) is 11.5. The summed E-state index contributed by atoms with van der Waals surface area (Å²) in [6.07, 6.45) is 3.17. The van der Waals surface area contributed by atoms with Crippen LogP contribution in [0, 0.1) is 0 Å². The molecule has 1 heterocycles. The number of rotatable bonds is 4. The van der Waals surface area contributed by atoms with Gasteiger partial charge in [-0.05, 0) is 54.0 Å². The highest BCUT2D eigenvalue weighted by Crippen LogP contribution is 2.17. The molecular weight excluding hydrogens is 342 g/mol. The summed E-state index contributed by atoms with van der Waals surface area (Å²) in [4.78, 5) is 25.6. The number of anilines is 2. The molecule has 7 heteroatoms. The second-order valence-electron chi connectivity index (χ2n) is 4.92. The Morgan fingerprint density at radius 1 is 1.21 bits per heavy atom. The Kier molecular flexibility index (Phi) is 6.22. The molecule has 1 aromatic heterocycles. The van der Waals surface area contributed by atoms with Crippen molar-refractivity contribution in [1.29, 1.82) is 0 Å². The third-order valence-corrected chi connectivity index (χ3v) is 4.21. The molecule has 0 radical (unpaired) electrons. The van der Waals surface area contributed by atoms with Gasteiger partial charge < -0.3 is 10.2 Å². The highest BCUT2D eigenvalue weighted by Gasteiger charge is 2.06. The Morgan fingerprint density at radius 3 is 2.50 bits per heavy atom. The maximum Gasteiger partial charge on any atom is 0.250 e. The van der Waals surface area contributed by atoms with Gasteiger partial charge in [0.05, 0.1) is 0 Å². The average Bonchev–Trinajstić information content (AvgIpc) is 3.06. The molecular formula is C17H17N3O2S2. The van der Waals surface area contributed by atoms with Gasteiger partial charge >= 0.3 is 0 Å². The van der Waals surface area contributed by atoms with E-state index in [0.717, 1.165) is 16.3 Å². The van der Waals surface area contributed by atoms with E-state index in [1.165, 1.54) is 13.0 Å². The monoisotopic (exact) mass is 359 g/mol. The number of carbonyl (C=O) groups is 2. The number of amides is 2. The van der Waals surface area contributed by atoms with Crippen molar-refractivity contribution in [1.82, 2.24) is 5.32 Å². The first-order valence-electron chi connectivity index (χ1n) is 7.13. The number of nitrogens with zero attached hydrogens (tertiary/aromatic N) is 1. The van der Waals surface area contributed by atoms with E-state index in [4.69, 9.17) is 12.2 Å². The summed E-state index contributed by atoms with van der Waals surface area (Å²) in [6.45, 7) is 1.50. The van der Waals surface area contributed by atoms with Gasteiger partial charge in [0.1, 0.15) is 0 Å². The van der Waals surface area contributed by atoms with E-state index in [1.54, 1.807) is 53.6 Å². The van der Waals surface area contributed by atoms with Crippen molar-refractivity contribution >= 4 is 57.9 Å². The molecule has 0 atom stereocenters. The molecule has 2 aromatic rings. The summed E-state index contributed by atoms with van der Waals surface area (Å²) in [6, 6.07) is 11.0. The summed E-state index contributed by atoms with van der Waals surface area (Å²) in [5.41, 5.74) is 1.50. The van der Waals surface area contributed by atoms with Crippen LogP contribution in [0.5, 0.6) is 0 Å². The Hall–Kier alpha value is -2.51. The van der Waals surface area contributed by atoms with Gasteiger partial charge in [-0.25, -0.2) is 0 Å². The van der Waals surface area contributed by atoms with Gasteiger partial charge in [0.25, 0.3) is 0 Å². The van der Waals surface area contributed by atoms with Crippen molar-refractivity contribution in [3.05, 3.63) is 52.7 Å². The molecule has 0 spiro atoms. The number of thiocarbonyl (C=S) groups is 1. The maximum absolute atomic E-state index is 11.8. The van der Waals surface area contributed by atoms with E-state index in [9.17, 15) is 9.59 Å². The number of carbonyl (C=O) groups excluding carboxylic acids is 2. The Bertz CT molecular complexity index is 753. The molecule has 124 valence electrons. The van der Waals surface area contributed by atoms with E-state index in [-0.39, 0.29) is 16.9 Å². The number of benzene rings is 1. The predicted molar refractivity (Wildman–Crippen MR) is 103 cm³/mol. The largest absolute Gasteiger partial charge is 0.332 e. The average molecular weight is 359 g/mol. The summed E-state index contributed by atoms with van der Waals surface area (Å²) < 4.78 is 0. The molecule has 0 fully saturated rings. The van der Waals surface area contributed by atoms with Gasteiger partial charge in [0, 0.05) is 36.3 Å². The van der Waals surface area contributed by atoms with Gasteiger partial charge in [-0.1, -0.05) is 6.07 Å². The zero-order chi connectivity index (χ0) is 17.5. The van der Waals surface area contributed by atoms with Crippen molar-refractivity contribution in [2.24, 2.45) is 0 Å². The Balaban J connectivity index is 1.88.